The third kappa shape index (κ3) is 4.85. The van der Waals surface area contributed by atoms with Crippen LogP contribution >= 0.6 is 0 Å². The Balaban J connectivity index is 1.51. The van der Waals surface area contributed by atoms with Crippen LogP contribution in [0.1, 0.15) is 48.2 Å². The van der Waals surface area contributed by atoms with Crippen LogP contribution in [0.4, 0.5) is 0 Å². The van der Waals surface area contributed by atoms with Crippen molar-refractivity contribution in [2.75, 3.05) is 19.6 Å². The van der Waals surface area contributed by atoms with Gasteiger partial charge in [-0.05, 0) is 18.4 Å². The van der Waals surface area contributed by atoms with E-state index in [9.17, 15) is 9.59 Å². The van der Waals surface area contributed by atoms with Gasteiger partial charge in [0.25, 0.3) is 5.91 Å². The third-order valence-corrected chi connectivity index (χ3v) is 5.83. The molecule has 2 aliphatic rings. The molecule has 7 nitrogen and oxygen atoms in total. The lowest BCUT2D eigenvalue weighted by atomic mass is 9.94. The number of rotatable bonds is 5. The van der Waals surface area contributed by atoms with Crippen LogP contribution in [-0.2, 0) is 16.1 Å². The van der Waals surface area contributed by atoms with Gasteiger partial charge in [-0.25, -0.2) is 4.98 Å². The molecule has 1 atom stereocenters. The van der Waals surface area contributed by atoms with E-state index in [0.717, 1.165) is 31.2 Å². The normalized spacial score (nSPS) is 21.2. The summed E-state index contributed by atoms with van der Waals surface area (Å²) < 4.78 is 6.20. The molecule has 0 bridgehead atoms. The van der Waals surface area contributed by atoms with E-state index in [1.165, 1.54) is 18.9 Å². The van der Waals surface area contributed by atoms with E-state index in [0.29, 0.717) is 25.4 Å². The van der Waals surface area contributed by atoms with Crippen LogP contribution < -0.4 is 0 Å². The number of amides is 2. The highest BCUT2D eigenvalue weighted by atomic mass is 16.5. The maximum absolute atomic E-state index is 13.1. The molecule has 2 aromatic rings. The number of hydrogen-bond donors (Lipinski definition) is 1. The molecule has 1 saturated heterocycles. The molecule has 1 N–H and O–H groups in total. The highest BCUT2D eigenvalue weighted by Gasteiger charge is 2.35. The monoisotopic (exact) mass is 396 g/mol. The van der Waals surface area contributed by atoms with Crippen LogP contribution in [0.2, 0.25) is 0 Å². The fraction of sp³-hybridized carbons (Fsp3) is 0.500. The van der Waals surface area contributed by atoms with E-state index in [2.05, 4.69) is 9.97 Å². The van der Waals surface area contributed by atoms with Crippen molar-refractivity contribution in [3.63, 3.8) is 0 Å². The molecular weight excluding hydrogens is 368 g/mol. The minimum absolute atomic E-state index is 0.00979. The van der Waals surface area contributed by atoms with Crippen LogP contribution in [-0.4, -0.2) is 63.4 Å². The van der Waals surface area contributed by atoms with Gasteiger partial charge in [0.2, 0.25) is 5.91 Å². The number of nitrogens with zero attached hydrogens (tertiary/aromatic N) is 3. The zero-order chi connectivity index (χ0) is 20.1. The lowest BCUT2D eigenvalue weighted by Crippen LogP contribution is -2.46. The second-order valence-corrected chi connectivity index (χ2v) is 7.91. The molecule has 0 radical (unpaired) electrons. The molecular formula is C22H28N4O3. The summed E-state index contributed by atoms with van der Waals surface area (Å²) in [5, 5.41) is 0. The fourth-order valence-corrected chi connectivity index (χ4v) is 4.28. The van der Waals surface area contributed by atoms with Gasteiger partial charge < -0.3 is 19.5 Å². The first-order valence-electron chi connectivity index (χ1n) is 10.4. The number of benzene rings is 1. The standard InChI is InChI=1S/C22H28N4O3/c27-21-14-25(22(28)20-11-23-16-24-20)12-19(29-15-17-7-3-1-4-8-17)13-26(21)18-9-5-2-6-10-18/h1,3-4,7-8,11,16,18-19H,2,5-6,9-10,12-15H2,(H,23,24). The van der Waals surface area contributed by atoms with Gasteiger partial charge in [0, 0.05) is 19.1 Å². The first kappa shape index (κ1) is 19.6. The second-order valence-electron chi connectivity index (χ2n) is 7.91. The molecule has 1 aromatic carbocycles. The first-order chi connectivity index (χ1) is 14.2. The highest BCUT2D eigenvalue weighted by Crippen LogP contribution is 2.25. The minimum atomic E-state index is -0.226. The van der Waals surface area contributed by atoms with E-state index in [-0.39, 0.29) is 30.5 Å². The van der Waals surface area contributed by atoms with Gasteiger partial charge in [-0.1, -0.05) is 49.6 Å². The van der Waals surface area contributed by atoms with Crippen LogP contribution in [0.3, 0.4) is 0 Å². The Bertz CT molecular complexity index is 803. The molecule has 1 aromatic heterocycles. The minimum Gasteiger partial charge on any atom is -0.370 e. The predicted octanol–water partition coefficient (Wildman–Crippen LogP) is 2.61. The van der Waals surface area contributed by atoms with Gasteiger partial charge in [0.15, 0.2) is 0 Å². The SMILES string of the molecule is O=C(c1cnc[nH]1)N1CC(=O)N(C2CCCCC2)CC(OCc2ccccc2)C1. The molecule has 2 heterocycles. The molecule has 29 heavy (non-hydrogen) atoms. The van der Waals surface area contributed by atoms with Crippen molar-refractivity contribution in [3.8, 4) is 0 Å². The van der Waals surface area contributed by atoms with Crippen molar-refractivity contribution in [1.29, 1.82) is 0 Å². The summed E-state index contributed by atoms with van der Waals surface area (Å²) in [7, 11) is 0. The maximum Gasteiger partial charge on any atom is 0.272 e. The number of aromatic amines is 1. The van der Waals surface area contributed by atoms with E-state index >= 15 is 0 Å². The van der Waals surface area contributed by atoms with E-state index in [1.807, 2.05) is 35.2 Å². The van der Waals surface area contributed by atoms with Gasteiger partial charge >= 0.3 is 0 Å². The molecule has 2 fully saturated rings. The Morgan fingerprint density at radius 2 is 1.93 bits per heavy atom. The predicted molar refractivity (Wildman–Crippen MR) is 108 cm³/mol. The van der Waals surface area contributed by atoms with Gasteiger partial charge in [0.05, 0.1) is 25.2 Å². The summed E-state index contributed by atoms with van der Waals surface area (Å²) in [4.78, 5) is 36.3. The van der Waals surface area contributed by atoms with Crippen molar-refractivity contribution >= 4 is 11.8 Å². The average Bonchev–Trinajstić information content (AvgIpc) is 3.24. The molecule has 7 heteroatoms. The van der Waals surface area contributed by atoms with Crippen molar-refractivity contribution < 1.29 is 14.3 Å². The lowest BCUT2D eigenvalue weighted by molar-refractivity contribution is -0.134. The van der Waals surface area contributed by atoms with Crippen LogP contribution in [0.25, 0.3) is 0 Å². The molecule has 1 aliphatic heterocycles. The highest BCUT2D eigenvalue weighted by molar-refractivity contribution is 5.95. The van der Waals surface area contributed by atoms with E-state index in [4.69, 9.17) is 4.74 Å². The van der Waals surface area contributed by atoms with Gasteiger partial charge in [-0.2, -0.15) is 0 Å². The molecule has 1 saturated carbocycles. The van der Waals surface area contributed by atoms with Crippen LogP contribution in [0, 0.1) is 0 Å². The second kappa shape index (κ2) is 9.22. The summed E-state index contributed by atoms with van der Waals surface area (Å²) in [5.74, 6) is -0.203. The quantitative estimate of drug-likeness (QED) is 0.843. The zero-order valence-electron chi connectivity index (χ0n) is 16.6. The van der Waals surface area contributed by atoms with Gasteiger partial charge in [0.1, 0.15) is 12.2 Å². The van der Waals surface area contributed by atoms with E-state index < -0.39 is 0 Å². The molecule has 1 unspecified atom stereocenters. The summed E-state index contributed by atoms with van der Waals surface area (Å²) in [6.07, 6.45) is 8.35. The molecule has 154 valence electrons. The number of imidazole rings is 1. The number of H-pyrrole nitrogens is 1. The molecule has 1 aliphatic carbocycles. The summed E-state index contributed by atoms with van der Waals surface area (Å²) >= 11 is 0. The first-order valence-corrected chi connectivity index (χ1v) is 10.4. The topological polar surface area (TPSA) is 78.5 Å². The van der Waals surface area contributed by atoms with Crippen molar-refractivity contribution in [1.82, 2.24) is 19.8 Å². The Morgan fingerprint density at radius 3 is 2.66 bits per heavy atom. The van der Waals surface area contributed by atoms with Crippen LogP contribution in [0.5, 0.6) is 0 Å². The molecule has 0 spiro atoms. The fourth-order valence-electron chi connectivity index (χ4n) is 4.28. The summed E-state index contributed by atoms with van der Waals surface area (Å²) in [6, 6.07) is 10.2. The Kier molecular flexibility index (Phi) is 6.24. The lowest BCUT2D eigenvalue weighted by Gasteiger charge is -2.34. The average molecular weight is 396 g/mol. The van der Waals surface area contributed by atoms with Gasteiger partial charge in [-0.15, -0.1) is 0 Å². The Morgan fingerprint density at radius 1 is 1.14 bits per heavy atom. The Labute approximate surface area is 171 Å². The summed E-state index contributed by atoms with van der Waals surface area (Å²) in [6.45, 7) is 1.46. The summed E-state index contributed by atoms with van der Waals surface area (Å²) in [5.41, 5.74) is 1.48. The molecule has 2 amide bonds. The number of carbonyl (C=O) groups excluding carboxylic acids is 2. The van der Waals surface area contributed by atoms with Gasteiger partial charge in [-0.3, -0.25) is 9.59 Å². The van der Waals surface area contributed by atoms with Crippen molar-refractivity contribution in [2.24, 2.45) is 0 Å². The maximum atomic E-state index is 13.1. The van der Waals surface area contributed by atoms with Crippen molar-refractivity contribution in [2.45, 2.75) is 50.9 Å². The number of hydrogen-bond acceptors (Lipinski definition) is 4. The number of ether oxygens (including phenoxy) is 1. The number of aromatic nitrogens is 2. The number of nitrogens with one attached hydrogen (secondary N) is 1. The zero-order valence-corrected chi connectivity index (χ0v) is 16.6. The molecule has 4 rings (SSSR count). The Hall–Kier alpha value is -2.67. The van der Waals surface area contributed by atoms with Crippen molar-refractivity contribution in [3.05, 3.63) is 54.1 Å². The smallest absolute Gasteiger partial charge is 0.272 e. The third-order valence-electron chi connectivity index (χ3n) is 5.83. The largest absolute Gasteiger partial charge is 0.370 e. The van der Waals surface area contributed by atoms with Crippen LogP contribution in [0.15, 0.2) is 42.9 Å². The van der Waals surface area contributed by atoms with E-state index in [1.54, 1.807) is 4.90 Å². The number of carbonyl (C=O) groups is 2.